The Morgan fingerprint density at radius 3 is 3.07 bits per heavy atom. The number of hydrogen-bond donors (Lipinski definition) is 0. The van der Waals surface area contributed by atoms with Crippen molar-refractivity contribution in [2.45, 2.75) is 6.42 Å². The van der Waals surface area contributed by atoms with Crippen molar-refractivity contribution in [2.24, 2.45) is 0 Å². The van der Waals surface area contributed by atoms with Crippen molar-refractivity contribution in [1.82, 2.24) is 4.73 Å². The monoisotopic (exact) mass is 221 g/mol. The maximum atomic E-state index is 11.3. The minimum absolute atomic E-state index is 0.197. The fourth-order valence-electron chi connectivity index (χ4n) is 0.896. The van der Waals surface area contributed by atoms with Crippen molar-refractivity contribution in [1.29, 1.82) is 0 Å². The minimum atomic E-state index is -0.365. The molecular weight excluding hydrogens is 210 g/mol. The Bertz CT molecular complexity index is 434. The smallest absolute Gasteiger partial charge is 0.335 e. The Balaban J connectivity index is 2.59. The van der Waals surface area contributed by atoms with Gasteiger partial charge >= 0.3 is 5.97 Å². The molecule has 0 saturated heterocycles. The third kappa shape index (κ3) is 3.91. The van der Waals surface area contributed by atoms with Gasteiger partial charge in [-0.3, -0.25) is 0 Å². The Labute approximate surface area is 93.3 Å². The second kappa shape index (κ2) is 5.93. The Kier molecular flexibility index (Phi) is 4.50. The van der Waals surface area contributed by atoms with Gasteiger partial charge in [-0.05, 0) is 12.1 Å². The molecule has 1 rings (SSSR count). The molecule has 0 aliphatic carbocycles. The highest BCUT2D eigenvalue weighted by Gasteiger charge is 2.00. The summed E-state index contributed by atoms with van der Waals surface area (Å²) in [4.78, 5) is 16.2. The number of carbonyl (C=O) groups excluding carboxylic acids is 1. The summed E-state index contributed by atoms with van der Waals surface area (Å²) >= 11 is 4.96. The number of pyridine rings is 1. The van der Waals surface area contributed by atoms with Crippen molar-refractivity contribution in [3.63, 3.8) is 0 Å². The average molecular weight is 221 g/mol. The first-order valence-electron chi connectivity index (χ1n) is 4.40. The lowest BCUT2D eigenvalue weighted by Gasteiger charge is -2.04. The van der Waals surface area contributed by atoms with Crippen molar-refractivity contribution >= 4 is 18.2 Å². The molecule has 0 amide bonds. The zero-order valence-corrected chi connectivity index (χ0v) is 8.94. The van der Waals surface area contributed by atoms with Crippen LogP contribution in [0.1, 0.15) is 6.42 Å². The van der Waals surface area contributed by atoms with Gasteiger partial charge in [0.2, 0.25) is 0 Å². The highest BCUT2D eigenvalue weighted by Crippen LogP contribution is 1.93. The van der Waals surface area contributed by atoms with E-state index in [4.69, 9.17) is 17.1 Å². The number of nitrogens with zero attached hydrogens (tertiary/aromatic N) is 1. The third-order valence-electron chi connectivity index (χ3n) is 1.55. The van der Waals surface area contributed by atoms with E-state index < -0.39 is 0 Å². The maximum Gasteiger partial charge on any atom is 0.336 e. The van der Waals surface area contributed by atoms with Crippen molar-refractivity contribution in [3.8, 4) is 0 Å². The highest BCUT2D eigenvalue weighted by molar-refractivity contribution is 7.71. The molecule has 1 aromatic heterocycles. The number of hydrogen-bond acceptors (Lipinski definition) is 3. The molecule has 1 aromatic rings. The summed E-state index contributed by atoms with van der Waals surface area (Å²) in [5.41, 5.74) is 0. The van der Waals surface area contributed by atoms with Crippen LogP contribution in [-0.4, -0.2) is 10.7 Å². The lowest BCUT2D eigenvalue weighted by molar-refractivity contribution is -0.143. The predicted molar refractivity (Wildman–Crippen MR) is 60.8 cm³/mol. The summed E-state index contributed by atoms with van der Waals surface area (Å²) in [6, 6.07) is 5.20. The van der Waals surface area contributed by atoms with E-state index in [1.165, 1.54) is 4.73 Å². The van der Waals surface area contributed by atoms with Crippen LogP contribution in [0.15, 0.2) is 49.2 Å². The molecule has 78 valence electrons. The summed E-state index contributed by atoms with van der Waals surface area (Å²) in [7, 11) is 0. The average Bonchev–Trinajstić information content (AvgIpc) is 2.22. The quantitative estimate of drug-likeness (QED) is 0.577. The van der Waals surface area contributed by atoms with Gasteiger partial charge in [-0.2, -0.15) is 4.73 Å². The van der Waals surface area contributed by atoms with Crippen molar-refractivity contribution < 1.29 is 9.63 Å². The van der Waals surface area contributed by atoms with Crippen LogP contribution < -0.4 is 4.84 Å². The van der Waals surface area contributed by atoms with E-state index in [-0.39, 0.29) is 12.4 Å². The molecule has 4 heteroatoms. The van der Waals surface area contributed by atoms with Gasteiger partial charge in [0.1, 0.15) is 4.64 Å². The Morgan fingerprint density at radius 2 is 2.40 bits per heavy atom. The first-order chi connectivity index (χ1) is 7.24. The van der Waals surface area contributed by atoms with Gasteiger partial charge in [-0.25, -0.2) is 4.79 Å². The van der Waals surface area contributed by atoms with Crippen molar-refractivity contribution in [3.05, 3.63) is 53.8 Å². The van der Waals surface area contributed by atoms with Gasteiger partial charge in [0.15, 0.2) is 0 Å². The molecule has 0 atom stereocenters. The molecule has 0 aliphatic rings. The van der Waals surface area contributed by atoms with Crippen LogP contribution in [0.4, 0.5) is 0 Å². The molecule has 15 heavy (non-hydrogen) atoms. The fourth-order valence-corrected chi connectivity index (χ4v) is 1.07. The minimum Gasteiger partial charge on any atom is -0.335 e. The molecule has 0 spiro atoms. The van der Waals surface area contributed by atoms with E-state index >= 15 is 0 Å². The van der Waals surface area contributed by atoms with E-state index in [1.807, 2.05) is 0 Å². The zero-order chi connectivity index (χ0) is 11.1. The highest BCUT2D eigenvalue weighted by atomic mass is 32.1. The summed E-state index contributed by atoms with van der Waals surface area (Å²) in [5.74, 6) is -0.365. The first kappa shape index (κ1) is 11.4. The van der Waals surface area contributed by atoms with Gasteiger partial charge in [-0.1, -0.05) is 43.1 Å². The molecule has 0 bridgehead atoms. The molecule has 3 nitrogen and oxygen atoms in total. The normalized spacial score (nSPS) is 10.1. The van der Waals surface area contributed by atoms with Crippen LogP contribution in [0.3, 0.4) is 0 Å². The second-order valence-corrected chi connectivity index (χ2v) is 3.11. The van der Waals surface area contributed by atoms with Crippen LogP contribution in [0.2, 0.25) is 0 Å². The topological polar surface area (TPSA) is 31.2 Å². The van der Waals surface area contributed by atoms with Gasteiger partial charge < -0.3 is 4.84 Å². The molecule has 0 N–H and O–H groups in total. The third-order valence-corrected chi connectivity index (χ3v) is 1.86. The van der Waals surface area contributed by atoms with Crippen LogP contribution in [0, 0.1) is 4.64 Å². The Hall–Kier alpha value is -1.68. The summed E-state index contributed by atoms with van der Waals surface area (Å²) in [6.07, 6.45) is 6.75. The molecule has 0 aromatic carbocycles. The number of aromatic nitrogens is 1. The molecule has 0 unspecified atom stereocenters. The summed E-state index contributed by atoms with van der Waals surface area (Å²) in [6.45, 7) is 3.49. The lowest BCUT2D eigenvalue weighted by atomic mass is 10.4. The SMILES string of the molecule is C=C/C=C/CC(=O)On1ccccc1=S. The zero-order valence-electron chi connectivity index (χ0n) is 8.13. The lowest BCUT2D eigenvalue weighted by Crippen LogP contribution is -2.19. The largest absolute Gasteiger partial charge is 0.336 e. The van der Waals surface area contributed by atoms with E-state index in [1.54, 1.807) is 42.6 Å². The molecular formula is C11H11NO2S. The number of carbonyl (C=O) groups is 1. The molecule has 0 saturated carbocycles. The van der Waals surface area contributed by atoms with Crippen LogP contribution in [0.25, 0.3) is 0 Å². The van der Waals surface area contributed by atoms with E-state index in [0.29, 0.717) is 4.64 Å². The fraction of sp³-hybridized carbons (Fsp3) is 0.0909. The second-order valence-electron chi connectivity index (χ2n) is 2.70. The number of rotatable bonds is 4. The predicted octanol–water partition coefficient (Wildman–Crippen LogP) is 2.31. The van der Waals surface area contributed by atoms with Gasteiger partial charge in [0.25, 0.3) is 0 Å². The molecule has 0 radical (unpaired) electrons. The molecule has 1 heterocycles. The molecule has 0 fully saturated rings. The number of allylic oxidation sites excluding steroid dienone is 2. The van der Waals surface area contributed by atoms with Crippen molar-refractivity contribution in [2.75, 3.05) is 0 Å². The summed E-state index contributed by atoms with van der Waals surface area (Å²) in [5, 5.41) is 0. The maximum absolute atomic E-state index is 11.3. The van der Waals surface area contributed by atoms with Gasteiger partial charge in [0, 0.05) is 6.20 Å². The van der Waals surface area contributed by atoms with E-state index in [0.717, 1.165) is 0 Å². The van der Waals surface area contributed by atoms with Crippen LogP contribution in [0.5, 0.6) is 0 Å². The summed E-state index contributed by atoms with van der Waals surface area (Å²) < 4.78 is 1.72. The van der Waals surface area contributed by atoms with E-state index in [2.05, 4.69) is 6.58 Å². The standard InChI is InChI=1S/C11H11NO2S/c1-2-3-4-8-11(13)14-12-9-6-5-7-10(12)15/h2-7,9H,1,8H2/b4-3+. The first-order valence-corrected chi connectivity index (χ1v) is 4.81. The van der Waals surface area contributed by atoms with Crippen LogP contribution in [-0.2, 0) is 4.79 Å². The van der Waals surface area contributed by atoms with E-state index in [9.17, 15) is 4.79 Å². The van der Waals surface area contributed by atoms with Gasteiger partial charge in [-0.15, -0.1) is 0 Å². The molecule has 0 aliphatic heterocycles. The Morgan fingerprint density at radius 1 is 1.60 bits per heavy atom. The van der Waals surface area contributed by atoms with Crippen LogP contribution >= 0.6 is 12.2 Å². The van der Waals surface area contributed by atoms with Gasteiger partial charge in [0.05, 0.1) is 6.42 Å².